The minimum atomic E-state index is -0.0117. The van der Waals surface area contributed by atoms with Gasteiger partial charge < -0.3 is 10.4 Å². The smallest absolute Gasteiger partial charge is 0.220 e. The van der Waals surface area contributed by atoms with Gasteiger partial charge in [-0.15, -0.1) is 0 Å². The van der Waals surface area contributed by atoms with Gasteiger partial charge >= 0.3 is 0 Å². The van der Waals surface area contributed by atoms with E-state index in [4.69, 9.17) is 5.11 Å². The van der Waals surface area contributed by atoms with E-state index in [2.05, 4.69) is 10.3 Å². The average Bonchev–Trinajstić information content (AvgIpc) is 2.41. The molecule has 2 unspecified atom stereocenters. The fraction of sp³-hybridized carbons (Fsp3) is 0.571. The molecule has 0 saturated heterocycles. The number of aliphatic hydroxyl groups excluding tert-OH is 1. The van der Waals surface area contributed by atoms with E-state index in [0.717, 1.165) is 18.5 Å². The number of nitrogens with zero attached hydrogens (tertiary/aromatic N) is 1. The molecule has 1 aromatic heterocycles. The van der Waals surface area contributed by atoms with Gasteiger partial charge in [0.2, 0.25) is 5.91 Å². The molecule has 1 amide bonds. The highest BCUT2D eigenvalue weighted by atomic mass is 32.2. The molecular formula is C14H22N2O2S. The van der Waals surface area contributed by atoms with Gasteiger partial charge in [-0.2, -0.15) is 11.8 Å². The number of aryl methyl sites for hydroxylation is 1. The summed E-state index contributed by atoms with van der Waals surface area (Å²) in [5.74, 6) is 0.0379. The molecule has 2 atom stereocenters. The van der Waals surface area contributed by atoms with Crippen LogP contribution in [0.15, 0.2) is 24.4 Å². The van der Waals surface area contributed by atoms with E-state index in [1.807, 2.05) is 31.4 Å². The number of carbonyl (C=O) groups excluding carboxylic acids is 1. The molecule has 0 aliphatic rings. The Bertz CT molecular complexity index is 369. The maximum absolute atomic E-state index is 11.8. The Kier molecular flexibility index (Phi) is 7.52. The molecular weight excluding hydrogens is 260 g/mol. The highest BCUT2D eigenvalue weighted by Crippen LogP contribution is 2.10. The summed E-state index contributed by atoms with van der Waals surface area (Å²) in [6, 6.07) is 5.79. The average molecular weight is 282 g/mol. The normalized spacial score (nSPS) is 13.8. The van der Waals surface area contributed by atoms with Crippen molar-refractivity contribution in [1.29, 1.82) is 0 Å². The number of thioether (sulfide) groups is 1. The van der Waals surface area contributed by atoms with Gasteiger partial charge in [0, 0.05) is 29.6 Å². The maximum atomic E-state index is 11.8. The predicted octanol–water partition coefficient (Wildman–Crippen LogP) is 1.63. The SMILES string of the molecule is CSC(CO)C(C)NC(=O)CCCc1ccccn1. The van der Waals surface area contributed by atoms with Gasteiger partial charge in [-0.25, -0.2) is 0 Å². The molecule has 0 fully saturated rings. The van der Waals surface area contributed by atoms with Crippen LogP contribution < -0.4 is 5.32 Å². The molecule has 2 N–H and O–H groups in total. The number of amides is 1. The summed E-state index contributed by atoms with van der Waals surface area (Å²) in [5.41, 5.74) is 1.01. The fourth-order valence-corrected chi connectivity index (χ4v) is 2.46. The van der Waals surface area contributed by atoms with Crippen LogP contribution in [0.4, 0.5) is 0 Å². The Morgan fingerprint density at radius 1 is 1.53 bits per heavy atom. The molecule has 1 heterocycles. The summed E-state index contributed by atoms with van der Waals surface area (Å²) in [4.78, 5) is 16.0. The van der Waals surface area contributed by atoms with Gasteiger partial charge in [-0.3, -0.25) is 9.78 Å². The topological polar surface area (TPSA) is 62.2 Å². The molecule has 1 rings (SSSR count). The molecule has 0 aromatic carbocycles. The number of rotatable bonds is 8. The first-order chi connectivity index (χ1) is 9.17. The zero-order valence-corrected chi connectivity index (χ0v) is 12.3. The van der Waals surface area contributed by atoms with Crippen LogP contribution >= 0.6 is 11.8 Å². The van der Waals surface area contributed by atoms with Crippen LogP contribution in [0.25, 0.3) is 0 Å². The molecule has 4 nitrogen and oxygen atoms in total. The lowest BCUT2D eigenvalue weighted by atomic mass is 10.1. The van der Waals surface area contributed by atoms with Crippen molar-refractivity contribution < 1.29 is 9.90 Å². The molecule has 106 valence electrons. The number of aromatic nitrogens is 1. The molecule has 0 saturated carbocycles. The van der Waals surface area contributed by atoms with Crippen molar-refractivity contribution >= 4 is 17.7 Å². The summed E-state index contributed by atoms with van der Waals surface area (Å²) in [6.45, 7) is 2.00. The third-order valence-electron chi connectivity index (χ3n) is 2.99. The zero-order chi connectivity index (χ0) is 14.1. The minimum Gasteiger partial charge on any atom is -0.395 e. The third-order valence-corrected chi connectivity index (χ3v) is 4.15. The second-order valence-electron chi connectivity index (χ2n) is 4.49. The zero-order valence-electron chi connectivity index (χ0n) is 11.5. The number of carbonyl (C=O) groups is 1. The van der Waals surface area contributed by atoms with Crippen LogP contribution in [0, 0.1) is 0 Å². The highest BCUT2D eigenvalue weighted by molar-refractivity contribution is 7.99. The fourth-order valence-electron chi connectivity index (χ4n) is 1.83. The van der Waals surface area contributed by atoms with Gasteiger partial charge in [-0.05, 0) is 38.2 Å². The van der Waals surface area contributed by atoms with E-state index in [-0.39, 0.29) is 23.8 Å². The minimum absolute atomic E-state index is 0.0117. The van der Waals surface area contributed by atoms with Gasteiger partial charge in [-0.1, -0.05) is 6.07 Å². The Balaban J connectivity index is 2.24. The van der Waals surface area contributed by atoms with Crippen molar-refractivity contribution in [3.63, 3.8) is 0 Å². The van der Waals surface area contributed by atoms with Crippen LogP contribution in [0.2, 0.25) is 0 Å². The molecule has 19 heavy (non-hydrogen) atoms. The summed E-state index contributed by atoms with van der Waals surface area (Å²) in [7, 11) is 0. The summed E-state index contributed by atoms with van der Waals surface area (Å²) in [5, 5.41) is 12.1. The van der Waals surface area contributed by atoms with Crippen molar-refractivity contribution in [3.05, 3.63) is 30.1 Å². The van der Waals surface area contributed by atoms with Gasteiger partial charge in [0.25, 0.3) is 0 Å². The Labute approximate surface area is 119 Å². The number of aliphatic hydroxyl groups is 1. The molecule has 5 heteroatoms. The first kappa shape index (κ1) is 16.0. The first-order valence-corrected chi connectivity index (χ1v) is 7.79. The second-order valence-corrected chi connectivity index (χ2v) is 5.56. The number of nitrogens with one attached hydrogen (secondary N) is 1. The third kappa shape index (κ3) is 6.07. The van der Waals surface area contributed by atoms with E-state index in [0.29, 0.717) is 6.42 Å². The van der Waals surface area contributed by atoms with Gasteiger partial charge in [0.15, 0.2) is 0 Å². The second kappa shape index (κ2) is 8.93. The lowest BCUT2D eigenvalue weighted by Crippen LogP contribution is -2.41. The van der Waals surface area contributed by atoms with Crippen LogP contribution in [-0.2, 0) is 11.2 Å². The van der Waals surface area contributed by atoms with Crippen LogP contribution in [0.1, 0.15) is 25.5 Å². The quantitative estimate of drug-likeness (QED) is 0.761. The van der Waals surface area contributed by atoms with E-state index in [1.165, 1.54) is 0 Å². The van der Waals surface area contributed by atoms with Gasteiger partial charge in [0.1, 0.15) is 0 Å². The van der Waals surface area contributed by atoms with Crippen LogP contribution in [0.5, 0.6) is 0 Å². The maximum Gasteiger partial charge on any atom is 0.220 e. The molecule has 0 spiro atoms. The van der Waals surface area contributed by atoms with Crippen molar-refractivity contribution in [2.75, 3.05) is 12.9 Å². The predicted molar refractivity (Wildman–Crippen MR) is 79.2 cm³/mol. The Morgan fingerprint density at radius 3 is 2.89 bits per heavy atom. The monoisotopic (exact) mass is 282 g/mol. The molecule has 0 radical (unpaired) electrons. The lowest BCUT2D eigenvalue weighted by Gasteiger charge is -2.21. The molecule has 1 aromatic rings. The lowest BCUT2D eigenvalue weighted by molar-refractivity contribution is -0.121. The number of hydrogen-bond donors (Lipinski definition) is 2. The van der Waals surface area contributed by atoms with E-state index < -0.39 is 0 Å². The number of pyridine rings is 1. The van der Waals surface area contributed by atoms with E-state index in [1.54, 1.807) is 18.0 Å². The van der Waals surface area contributed by atoms with Crippen LogP contribution in [0.3, 0.4) is 0 Å². The van der Waals surface area contributed by atoms with E-state index in [9.17, 15) is 4.79 Å². The first-order valence-electron chi connectivity index (χ1n) is 6.50. The standard InChI is InChI=1S/C14H22N2O2S/c1-11(13(10-17)19-2)16-14(18)8-5-7-12-6-3-4-9-15-12/h3-4,6,9,11,13,17H,5,7-8,10H2,1-2H3,(H,16,18). The Hall–Kier alpha value is -1.07. The molecule has 0 bridgehead atoms. The van der Waals surface area contributed by atoms with Crippen molar-refractivity contribution in [2.24, 2.45) is 0 Å². The van der Waals surface area contributed by atoms with Crippen molar-refractivity contribution in [1.82, 2.24) is 10.3 Å². The van der Waals surface area contributed by atoms with E-state index >= 15 is 0 Å². The Morgan fingerprint density at radius 2 is 2.32 bits per heavy atom. The number of hydrogen-bond acceptors (Lipinski definition) is 4. The molecule has 0 aliphatic carbocycles. The summed E-state index contributed by atoms with van der Waals surface area (Å²) in [6.07, 6.45) is 5.80. The van der Waals surface area contributed by atoms with Gasteiger partial charge in [0.05, 0.1) is 6.61 Å². The van der Waals surface area contributed by atoms with Crippen LogP contribution in [-0.4, -0.2) is 40.2 Å². The van der Waals surface area contributed by atoms with Crippen molar-refractivity contribution in [2.45, 2.75) is 37.5 Å². The summed E-state index contributed by atoms with van der Waals surface area (Å²) >= 11 is 1.57. The van der Waals surface area contributed by atoms with Crippen molar-refractivity contribution in [3.8, 4) is 0 Å². The summed E-state index contributed by atoms with van der Waals surface area (Å²) < 4.78 is 0. The molecule has 0 aliphatic heterocycles. The highest BCUT2D eigenvalue weighted by Gasteiger charge is 2.16. The largest absolute Gasteiger partial charge is 0.395 e.